The molecule has 0 radical (unpaired) electrons. The summed E-state index contributed by atoms with van der Waals surface area (Å²) in [5.74, 6) is -0.111. The van der Waals surface area contributed by atoms with E-state index in [1.807, 2.05) is 24.3 Å². The van der Waals surface area contributed by atoms with Crippen molar-refractivity contribution < 1.29 is 4.79 Å². The second-order valence-corrected chi connectivity index (χ2v) is 3.57. The van der Waals surface area contributed by atoms with Crippen LogP contribution in [-0.4, -0.2) is 20.9 Å². The van der Waals surface area contributed by atoms with E-state index in [1.165, 1.54) is 6.92 Å². The maximum absolute atomic E-state index is 11.0. The lowest BCUT2D eigenvalue weighted by Gasteiger charge is -2.07. The molecule has 0 aliphatic heterocycles. The molecule has 1 heterocycles. The maximum Gasteiger partial charge on any atom is 0.221 e. The summed E-state index contributed by atoms with van der Waals surface area (Å²) in [7, 11) is 0. The molecule has 0 spiro atoms. The molecule has 0 bridgehead atoms. The zero-order valence-electron chi connectivity index (χ0n) is 9.42. The first-order valence-electron chi connectivity index (χ1n) is 5.18. The molecule has 2 rings (SSSR count). The number of aromatic nitrogens is 3. The number of anilines is 1. The van der Waals surface area contributed by atoms with Crippen LogP contribution in [0.3, 0.4) is 0 Å². The van der Waals surface area contributed by atoms with Crippen molar-refractivity contribution >= 4 is 11.6 Å². The van der Waals surface area contributed by atoms with Crippen LogP contribution >= 0.6 is 0 Å². The molecule has 1 aromatic heterocycles. The molecule has 88 valence electrons. The van der Waals surface area contributed by atoms with Gasteiger partial charge in [-0.3, -0.25) is 4.79 Å². The third kappa shape index (κ3) is 2.48. The number of hydrogen-bond donors (Lipinski definition) is 2. The minimum absolute atomic E-state index is 0.111. The van der Waals surface area contributed by atoms with Crippen molar-refractivity contribution in [2.24, 2.45) is 5.73 Å². The molecular formula is C11H13N5O. The number of amides is 1. The van der Waals surface area contributed by atoms with Crippen molar-refractivity contribution in [1.82, 2.24) is 15.0 Å². The molecule has 0 fully saturated rings. The molecule has 0 atom stereocenters. The van der Waals surface area contributed by atoms with Crippen LogP contribution in [0.1, 0.15) is 12.6 Å². The molecule has 17 heavy (non-hydrogen) atoms. The molecule has 2 aromatic rings. The fourth-order valence-corrected chi connectivity index (χ4v) is 1.53. The van der Waals surface area contributed by atoms with E-state index in [1.54, 1.807) is 10.9 Å². The number of carbonyl (C=O) groups is 1. The highest BCUT2D eigenvalue weighted by molar-refractivity contribution is 5.88. The van der Waals surface area contributed by atoms with Crippen LogP contribution < -0.4 is 11.1 Å². The largest absolute Gasteiger partial charge is 0.326 e. The molecule has 0 unspecified atom stereocenters. The molecule has 6 nitrogen and oxygen atoms in total. The smallest absolute Gasteiger partial charge is 0.221 e. The first-order valence-corrected chi connectivity index (χ1v) is 5.18. The van der Waals surface area contributed by atoms with E-state index in [0.29, 0.717) is 12.2 Å². The standard InChI is InChI=1S/C11H13N5O/c1-8(17)14-9-3-2-4-10(5-9)16-11(6-12)7-13-15-16/h2-5,7H,6,12H2,1H3,(H,14,17). The molecule has 6 heteroatoms. The fourth-order valence-electron chi connectivity index (χ4n) is 1.53. The molecule has 3 N–H and O–H groups in total. The van der Waals surface area contributed by atoms with Gasteiger partial charge in [0.15, 0.2) is 0 Å². The second kappa shape index (κ2) is 4.75. The van der Waals surface area contributed by atoms with Gasteiger partial charge < -0.3 is 11.1 Å². The van der Waals surface area contributed by atoms with Crippen LogP contribution in [0.4, 0.5) is 5.69 Å². The molecule has 0 saturated carbocycles. The summed E-state index contributed by atoms with van der Waals surface area (Å²) in [6.07, 6.45) is 1.62. The zero-order chi connectivity index (χ0) is 12.3. The topological polar surface area (TPSA) is 85.8 Å². The van der Waals surface area contributed by atoms with Gasteiger partial charge in [-0.15, -0.1) is 5.10 Å². The third-order valence-electron chi connectivity index (χ3n) is 2.24. The highest BCUT2D eigenvalue weighted by Crippen LogP contribution is 2.15. The Morgan fingerprint density at radius 1 is 1.53 bits per heavy atom. The number of nitrogens with zero attached hydrogens (tertiary/aromatic N) is 3. The highest BCUT2D eigenvalue weighted by atomic mass is 16.1. The number of carbonyl (C=O) groups excluding carboxylic acids is 1. The Morgan fingerprint density at radius 3 is 3.06 bits per heavy atom. The van der Waals surface area contributed by atoms with Crippen molar-refractivity contribution in [3.05, 3.63) is 36.2 Å². The van der Waals surface area contributed by atoms with E-state index >= 15 is 0 Å². The molecule has 0 aliphatic carbocycles. The predicted molar refractivity (Wildman–Crippen MR) is 63.6 cm³/mol. The minimum atomic E-state index is -0.111. The average Bonchev–Trinajstić information content (AvgIpc) is 2.76. The van der Waals surface area contributed by atoms with Crippen LogP contribution in [0.25, 0.3) is 5.69 Å². The number of hydrogen-bond acceptors (Lipinski definition) is 4. The van der Waals surface area contributed by atoms with Crippen LogP contribution in [0.2, 0.25) is 0 Å². The van der Waals surface area contributed by atoms with Crippen molar-refractivity contribution in [2.75, 3.05) is 5.32 Å². The summed E-state index contributed by atoms with van der Waals surface area (Å²) in [6.45, 7) is 1.82. The van der Waals surface area contributed by atoms with Gasteiger partial charge in [0.25, 0.3) is 0 Å². The van der Waals surface area contributed by atoms with Gasteiger partial charge in [-0.05, 0) is 18.2 Å². The van der Waals surface area contributed by atoms with E-state index in [9.17, 15) is 4.79 Å². The lowest BCUT2D eigenvalue weighted by Crippen LogP contribution is -2.09. The summed E-state index contributed by atoms with van der Waals surface area (Å²) in [6, 6.07) is 7.33. The Bertz CT molecular complexity index is 534. The molecule has 0 aliphatic rings. The Hall–Kier alpha value is -2.21. The number of nitrogens with one attached hydrogen (secondary N) is 1. The quantitative estimate of drug-likeness (QED) is 0.813. The molecule has 1 amide bonds. The van der Waals surface area contributed by atoms with Crippen molar-refractivity contribution in [1.29, 1.82) is 0 Å². The molecule has 1 aromatic carbocycles. The van der Waals surface area contributed by atoms with Gasteiger partial charge in [-0.25, -0.2) is 4.68 Å². The van der Waals surface area contributed by atoms with Crippen molar-refractivity contribution in [3.63, 3.8) is 0 Å². The zero-order valence-corrected chi connectivity index (χ0v) is 9.42. The van der Waals surface area contributed by atoms with Gasteiger partial charge >= 0.3 is 0 Å². The normalized spacial score (nSPS) is 10.2. The lowest BCUT2D eigenvalue weighted by molar-refractivity contribution is -0.114. The lowest BCUT2D eigenvalue weighted by atomic mass is 10.2. The Kier molecular flexibility index (Phi) is 3.15. The molecule has 0 saturated heterocycles. The predicted octanol–water partition coefficient (Wildman–Crippen LogP) is 0.684. The van der Waals surface area contributed by atoms with Crippen LogP contribution in [0.5, 0.6) is 0 Å². The third-order valence-corrected chi connectivity index (χ3v) is 2.24. The highest BCUT2D eigenvalue weighted by Gasteiger charge is 2.05. The number of rotatable bonds is 3. The van der Waals surface area contributed by atoms with E-state index < -0.39 is 0 Å². The van der Waals surface area contributed by atoms with Gasteiger partial charge in [0.05, 0.1) is 17.6 Å². The Morgan fingerprint density at radius 2 is 2.35 bits per heavy atom. The van der Waals surface area contributed by atoms with E-state index in [0.717, 1.165) is 11.4 Å². The molecular weight excluding hydrogens is 218 g/mol. The van der Waals surface area contributed by atoms with Gasteiger partial charge in [0.1, 0.15) is 0 Å². The monoisotopic (exact) mass is 231 g/mol. The van der Waals surface area contributed by atoms with E-state index in [-0.39, 0.29) is 5.91 Å². The fraction of sp³-hybridized carbons (Fsp3) is 0.182. The summed E-state index contributed by atoms with van der Waals surface area (Å²) in [4.78, 5) is 11.0. The van der Waals surface area contributed by atoms with Gasteiger partial charge in [-0.2, -0.15) is 0 Å². The first kappa shape index (κ1) is 11.3. The SMILES string of the molecule is CC(=O)Nc1cccc(-n2nncc2CN)c1. The number of nitrogens with two attached hydrogens (primary N) is 1. The van der Waals surface area contributed by atoms with Gasteiger partial charge in [0.2, 0.25) is 5.91 Å². The summed E-state index contributed by atoms with van der Waals surface area (Å²) in [5.41, 5.74) is 7.92. The summed E-state index contributed by atoms with van der Waals surface area (Å²) < 4.78 is 1.64. The second-order valence-electron chi connectivity index (χ2n) is 3.57. The maximum atomic E-state index is 11.0. The minimum Gasteiger partial charge on any atom is -0.326 e. The number of benzene rings is 1. The first-order chi connectivity index (χ1) is 8.20. The Labute approximate surface area is 98.4 Å². The van der Waals surface area contributed by atoms with Crippen molar-refractivity contribution in [2.45, 2.75) is 13.5 Å². The van der Waals surface area contributed by atoms with E-state index in [2.05, 4.69) is 15.6 Å². The van der Waals surface area contributed by atoms with Crippen LogP contribution in [-0.2, 0) is 11.3 Å². The summed E-state index contributed by atoms with van der Waals surface area (Å²) >= 11 is 0. The van der Waals surface area contributed by atoms with Crippen LogP contribution in [0.15, 0.2) is 30.5 Å². The van der Waals surface area contributed by atoms with Gasteiger partial charge in [-0.1, -0.05) is 11.3 Å². The van der Waals surface area contributed by atoms with Crippen molar-refractivity contribution in [3.8, 4) is 5.69 Å². The van der Waals surface area contributed by atoms with Gasteiger partial charge in [0, 0.05) is 19.2 Å². The summed E-state index contributed by atoms with van der Waals surface area (Å²) in [5, 5.41) is 10.5. The Balaban J connectivity index is 2.36. The average molecular weight is 231 g/mol. The van der Waals surface area contributed by atoms with Crippen LogP contribution in [0, 0.1) is 0 Å². The van der Waals surface area contributed by atoms with E-state index in [4.69, 9.17) is 5.73 Å².